The van der Waals surface area contributed by atoms with E-state index in [9.17, 15) is 0 Å². The van der Waals surface area contributed by atoms with Gasteiger partial charge in [0.25, 0.3) is 0 Å². The van der Waals surface area contributed by atoms with Gasteiger partial charge in [0.15, 0.2) is 0 Å². The van der Waals surface area contributed by atoms with E-state index in [0.717, 1.165) is 0 Å². The minimum Gasteiger partial charge on any atom is -0.144 e. The minimum atomic E-state index is 0.658. The maximum atomic E-state index is 2.46. The molecule has 0 radical (unpaired) electrons. The fraction of sp³-hybridized carbons (Fsp3) is 0.200. The molecule has 118 valence electrons. The van der Waals surface area contributed by atoms with E-state index in [1.807, 2.05) is 34.4 Å². The van der Waals surface area contributed by atoms with E-state index < -0.39 is 0 Å². The summed E-state index contributed by atoms with van der Waals surface area (Å²) in [6.07, 6.45) is 7.48. The van der Waals surface area contributed by atoms with Gasteiger partial charge in [0.2, 0.25) is 0 Å². The Hall–Kier alpha value is -0.940. The Kier molecular flexibility index (Phi) is 3.13. The average molecular weight is 383 g/mol. The average Bonchev–Trinajstić information content (AvgIpc) is 3.33. The molecule has 0 nitrogen and oxygen atoms in total. The molecule has 0 saturated carbocycles. The largest absolute Gasteiger partial charge is 0.144 e. The Morgan fingerprint density at radius 2 is 1.96 bits per heavy atom. The number of fused-ring (bicyclic) bond motifs is 3. The van der Waals surface area contributed by atoms with Gasteiger partial charge in [-0.2, -0.15) is 0 Å². The Morgan fingerprint density at radius 3 is 2.96 bits per heavy atom. The Labute approximate surface area is 157 Å². The van der Waals surface area contributed by atoms with E-state index in [1.165, 1.54) is 48.5 Å². The summed E-state index contributed by atoms with van der Waals surface area (Å²) < 4.78 is 2.81. The fourth-order valence-corrected chi connectivity index (χ4v) is 8.28. The van der Waals surface area contributed by atoms with E-state index >= 15 is 0 Å². The molecule has 0 N–H and O–H groups in total. The highest BCUT2D eigenvalue weighted by Gasteiger charge is 2.31. The van der Waals surface area contributed by atoms with E-state index in [2.05, 4.69) is 53.6 Å². The molecule has 3 aromatic rings. The van der Waals surface area contributed by atoms with Crippen LogP contribution in [0, 0.1) is 0 Å². The monoisotopic (exact) mass is 382 g/mol. The predicted molar refractivity (Wildman–Crippen MR) is 113 cm³/mol. The molecule has 4 heterocycles. The van der Waals surface area contributed by atoms with Gasteiger partial charge in [0.1, 0.15) is 0 Å². The van der Waals surface area contributed by atoms with Gasteiger partial charge in [-0.15, -0.1) is 46.2 Å². The summed E-state index contributed by atoms with van der Waals surface area (Å²) in [6, 6.07) is 9.33. The molecular weight excluding hydrogens is 368 g/mol. The third-order valence-corrected chi connectivity index (χ3v) is 9.59. The number of thiophene rings is 2. The second-order valence-corrected chi connectivity index (χ2v) is 10.9. The van der Waals surface area contributed by atoms with Gasteiger partial charge in [0.05, 0.1) is 0 Å². The van der Waals surface area contributed by atoms with E-state index in [4.69, 9.17) is 0 Å². The lowest BCUT2D eigenvalue weighted by atomic mass is 9.96. The van der Waals surface area contributed by atoms with Crippen LogP contribution < -0.4 is 0 Å². The van der Waals surface area contributed by atoms with Crippen molar-refractivity contribution in [3.8, 4) is 0 Å². The third kappa shape index (κ3) is 2.13. The van der Waals surface area contributed by atoms with Crippen molar-refractivity contribution in [1.82, 2.24) is 0 Å². The summed E-state index contributed by atoms with van der Waals surface area (Å²) in [6.45, 7) is 0. The molecule has 0 spiro atoms. The standard InChI is InChI=1S/C20H14S4/c1-3-21-15-7-13-9-19(23-17(13)5-11(1)15)20-10-14-8-16-12(2-4-22-16)6-18(14)24-20/h1,3,5,7-10,18H,2,4,6H2. The van der Waals surface area contributed by atoms with Gasteiger partial charge in [-0.3, -0.25) is 0 Å². The summed E-state index contributed by atoms with van der Waals surface area (Å²) in [5.74, 6) is 1.29. The van der Waals surface area contributed by atoms with Crippen molar-refractivity contribution in [1.29, 1.82) is 0 Å². The molecule has 1 aromatic carbocycles. The minimum absolute atomic E-state index is 0.658. The van der Waals surface area contributed by atoms with Crippen LogP contribution in [0.1, 0.15) is 17.7 Å². The molecular formula is C20H14S4. The molecule has 0 bridgehead atoms. The Bertz CT molecular complexity index is 1040. The molecule has 2 aromatic heterocycles. The smallest absolute Gasteiger partial charge is 0.0419 e. The number of hydrogen-bond acceptors (Lipinski definition) is 4. The van der Waals surface area contributed by atoms with Crippen LogP contribution >= 0.6 is 46.2 Å². The topological polar surface area (TPSA) is 0 Å². The highest BCUT2D eigenvalue weighted by molar-refractivity contribution is 8.09. The molecule has 0 amide bonds. The van der Waals surface area contributed by atoms with Crippen molar-refractivity contribution in [2.24, 2.45) is 0 Å². The van der Waals surface area contributed by atoms with Gasteiger partial charge in [0, 0.05) is 35.1 Å². The van der Waals surface area contributed by atoms with Gasteiger partial charge in [-0.25, -0.2) is 0 Å². The van der Waals surface area contributed by atoms with Gasteiger partial charge in [-0.05, 0) is 71.0 Å². The first-order valence-corrected chi connectivity index (χ1v) is 11.8. The zero-order valence-electron chi connectivity index (χ0n) is 12.9. The first-order valence-electron chi connectivity index (χ1n) is 8.19. The van der Waals surface area contributed by atoms with Crippen LogP contribution in [0.15, 0.2) is 57.8 Å². The van der Waals surface area contributed by atoms with Crippen molar-refractivity contribution >= 4 is 71.3 Å². The second-order valence-electron chi connectivity index (χ2n) is 6.49. The highest BCUT2D eigenvalue weighted by atomic mass is 32.2. The van der Waals surface area contributed by atoms with Crippen molar-refractivity contribution in [3.63, 3.8) is 0 Å². The second kappa shape index (κ2) is 5.28. The fourth-order valence-electron chi connectivity index (χ4n) is 3.77. The SMILES string of the molecule is C1=C(c2cc3cc4sccc4cc3s2)SC2CC3=C(C=C12)SCC3. The van der Waals surface area contributed by atoms with Crippen molar-refractivity contribution in [2.75, 3.05) is 5.75 Å². The number of rotatable bonds is 1. The molecule has 24 heavy (non-hydrogen) atoms. The quantitative estimate of drug-likeness (QED) is 0.433. The van der Waals surface area contributed by atoms with Crippen LogP contribution in [0.2, 0.25) is 0 Å². The lowest BCUT2D eigenvalue weighted by Crippen LogP contribution is -2.07. The molecule has 1 aliphatic carbocycles. The third-order valence-electron chi connectivity index (χ3n) is 5.01. The zero-order valence-corrected chi connectivity index (χ0v) is 16.1. The van der Waals surface area contributed by atoms with Gasteiger partial charge in [-0.1, -0.05) is 5.57 Å². The van der Waals surface area contributed by atoms with Gasteiger partial charge < -0.3 is 0 Å². The Morgan fingerprint density at radius 1 is 1.00 bits per heavy atom. The number of allylic oxidation sites excluding steroid dienone is 3. The first kappa shape index (κ1) is 14.3. The number of thioether (sulfide) groups is 2. The van der Waals surface area contributed by atoms with Crippen LogP contribution in [0.4, 0.5) is 0 Å². The van der Waals surface area contributed by atoms with Crippen LogP contribution in [-0.4, -0.2) is 11.0 Å². The molecule has 2 aliphatic heterocycles. The lowest BCUT2D eigenvalue weighted by molar-refractivity contribution is 0.905. The molecule has 3 aliphatic rings. The van der Waals surface area contributed by atoms with Crippen LogP contribution in [-0.2, 0) is 0 Å². The molecule has 4 heteroatoms. The zero-order chi connectivity index (χ0) is 15.7. The van der Waals surface area contributed by atoms with Crippen LogP contribution in [0.3, 0.4) is 0 Å². The highest BCUT2D eigenvalue weighted by Crippen LogP contribution is 2.52. The van der Waals surface area contributed by atoms with Gasteiger partial charge >= 0.3 is 0 Å². The summed E-state index contributed by atoms with van der Waals surface area (Å²) in [7, 11) is 0. The summed E-state index contributed by atoms with van der Waals surface area (Å²) >= 11 is 7.91. The van der Waals surface area contributed by atoms with E-state index in [0.29, 0.717) is 5.25 Å². The molecule has 0 fully saturated rings. The normalized spacial score (nSPS) is 22.9. The maximum absolute atomic E-state index is 2.46. The number of hydrogen-bond donors (Lipinski definition) is 0. The summed E-state index contributed by atoms with van der Waals surface area (Å²) in [5, 5.41) is 5.62. The van der Waals surface area contributed by atoms with E-state index in [-0.39, 0.29) is 0 Å². The van der Waals surface area contributed by atoms with Crippen LogP contribution in [0.5, 0.6) is 0 Å². The lowest BCUT2D eigenvalue weighted by Gasteiger charge is -2.18. The summed E-state index contributed by atoms with van der Waals surface area (Å²) in [4.78, 5) is 4.48. The van der Waals surface area contributed by atoms with Crippen molar-refractivity contribution in [2.45, 2.75) is 18.1 Å². The van der Waals surface area contributed by atoms with Crippen molar-refractivity contribution < 1.29 is 0 Å². The Balaban J connectivity index is 1.42. The predicted octanol–water partition coefficient (Wildman–Crippen LogP) is 7.29. The van der Waals surface area contributed by atoms with E-state index in [1.54, 1.807) is 16.1 Å². The maximum Gasteiger partial charge on any atom is 0.0419 e. The molecule has 1 atom stereocenters. The van der Waals surface area contributed by atoms with Crippen molar-refractivity contribution in [3.05, 3.63) is 62.7 Å². The first-order chi connectivity index (χ1) is 11.8. The number of benzene rings is 1. The molecule has 1 unspecified atom stereocenters. The van der Waals surface area contributed by atoms with Crippen LogP contribution in [0.25, 0.3) is 25.1 Å². The summed E-state index contributed by atoms with van der Waals surface area (Å²) in [5.41, 5.74) is 3.24. The molecule has 6 rings (SSSR count). The molecule has 0 saturated heterocycles.